The minimum Gasteiger partial charge on any atom is -0.394 e. The summed E-state index contributed by atoms with van der Waals surface area (Å²) in [7, 11) is 1.65. The number of pyridine rings is 1. The fraction of sp³-hybridized carbons (Fsp3) is 0.583. The molecule has 0 amide bonds. The maximum absolute atomic E-state index is 9.23. The van der Waals surface area contributed by atoms with Gasteiger partial charge in [-0.3, -0.25) is 4.98 Å². The van der Waals surface area contributed by atoms with E-state index in [0.717, 1.165) is 24.3 Å². The van der Waals surface area contributed by atoms with Crippen LogP contribution in [0, 0.1) is 0 Å². The van der Waals surface area contributed by atoms with Crippen molar-refractivity contribution in [2.45, 2.75) is 19.4 Å². The molecule has 0 aromatic carbocycles. The van der Waals surface area contributed by atoms with Crippen LogP contribution < -0.4 is 10.6 Å². The highest BCUT2D eigenvalue weighted by Crippen LogP contribution is 2.14. The van der Waals surface area contributed by atoms with Crippen LogP contribution in [0.2, 0.25) is 0 Å². The van der Waals surface area contributed by atoms with Crippen LogP contribution >= 0.6 is 0 Å². The van der Waals surface area contributed by atoms with Crippen molar-refractivity contribution in [1.82, 2.24) is 4.98 Å². The van der Waals surface area contributed by atoms with Gasteiger partial charge in [-0.25, -0.2) is 0 Å². The van der Waals surface area contributed by atoms with Gasteiger partial charge in [-0.2, -0.15) is 0 Å². The zero-order valence-electron chi connectivity index (χ0n) is 10.4. The van der Waals surface area contributed by atoms with E-state index in [0.29, 0.717) is 6.61 Å². The van der Waals surface area contributed by atoms with E-state index in [1.807, 2.05) is 13.0 Å². The summed E-state index contributed by atoms with van der Waals surface area (Å²) in [5.74, 6) is 0. The molecule has 1 heterocycles. The standard InChI is InChI=1S/C12H21N3O2/c1-3-14-11-6-12(8-13-7-11)15-10(9-16)4-5-17-2/h6-8,10,14-16H,3-5,9H2,1-2H3. The first kappa shape index (κ1) is 13.7. The van der Waals surface area contributed by atoms with Crippen LogP contribution in [0.5, 0.6) is 0 Å². The van der Waals surface area contributed by atoms with Gasteiger partial charge in [0, 0.05) is 20.3 Å². The molecule has 1 rings (SSSR count). The van der Waals surface area contributed by atoms with Gasteiger partial charge >= 0.3 is 0 Å². The first-order valence-corrected chi connectivity index (χ1v) is 5.85. The number of nitrogens with one attached hydrogen (secondary N) is 2. The lowest BCUT2D eigenvalue weighted by atomic mass is 10.2. The van der Waals surface area contributed by atoms with Crippen molar-refractivity contribution >= 4 is 11.4 Å². The third-order valence-electron chi connectivity index (χ3n) is 2.38. The highest BCUT2D eigenvalue weighted by molar-refractivity contribution is 5.54. The Bertz CT molecular complexity index is 320. The molecule has 0 radical (unpaired) electrons. The number of hydrogen-bond acceptors (Lipinski definition) is 5. The highest BCUT2D eigenvalue weighted by atomic mass is 16.5. The lowest BCUT2D eigenvalue weighted by molar-refractivity contribution is 0.174. The summed E-state index contributed by atoms with van der Waals surface area (Å²) >= 11 is 0. The van der Waals surface area contributed by atoms with E-state index in [4.69, 9.17) is 4.74 Å². The van der Waals surface area contributed by atoms with Gasteiger partial charge in [0.2, 0.25) is 0 Å². The summed E-state index contributed by atoms with van der Waals surface area (Å²) in [6.45, 7) is 3.60. The van der Waals surface area contributed by atoms with Gasteiger partial charge in [0.1, 0.15) is 0 Å². The Morgan fingerprint density at radius 3 is 2.82 bits per heavy atom. The van der Waals surface area contributed by atoms with Crippen LogP contribution in [0.1, 0.15) is 13.3 Å². The third kappa shape index (κ3) is 5.01. The number of hydrogen-bond donors (Lipinski definition) is 3. The molecular weight excluding hydrogens is 218 g/mol. The zero-order chi connectivity index (χ0) is 12.5. The summed E-state index contributed by atoms with van der Waals surface area (Å²) in [5.41, 5.74) is 1.87. The molecule has 1 atom stereocenters. The van der Waals surface area contributed by atoms with Crippen molar-refractivity contribution in [3.63, 3.8) is 0 Å². The Hall–Kier alpha value is -1.33. The summed E-state index contributed by atoms with van der Waals surface area (Å²) in [6, 6.07) is 1.97. The van der Waals surface area contributed by atoms with E-state index < -0.39 is 0 Å². The molecule has 96 valence electrons. The van der Waals surface area contributed by atoms with Gasteiger partial charge in [-0.15, -0.1) is 0 Å². The van der Waals surface area contributed by atoms with Gasteiger partial charge < -0.3 is 20.5 Å². The maximum atomic E-state index is 9.23. The van der Waals surface area contributed by atoms with Gasteiger partial charge in [0.15, 0.2) is 0 Å². The van der Waals surface area contributed by atoms with E-state index in [9.17, 15) is 5.11 Å². The number of aliphatic hydroxyl groups excluding tert-OH is 1. The minimum absolute atomic E-state index is 0.00590. The average Bonchev–Trinajstić information content (AvgIpc) is 2.35. The second-order valence-electron chi connectivity index (χ2n) is 3.80. The van der Waals surface area contributed by atoms with E-state index in [-0.39, 0.29) is 12.6 Å². The molecule has 0 bridgehead atoms. The van der Waals surface area contributed by atoms with Crippen LogP contribution in [0.3, 0.4) is 0 Å². The molecule has 0 aliphatic rings. The first-order chi connectivity index (χ1) is 8.30. The molecular formula is C12H21N3O2. The topological polar surface area (TPSA) is 66.4 Å². The monoisotopic (exact) mass is 239 g/mol. The molecule has 0 aliphatic carbocycles. The molecule has 0 fully saturated rings. The van der Waals surface area contributed by atoms with E-state index in [2.05, 4.69) is 15.6 Å². The fourth-order valence-electron chi connectivity index (χ4n) is 1.52. The number of ether oxygens (including phenoxy) is 1. The summed E-state index contributed by atoms with van der Waals surface area (Å²) in [4.78, 5) is 4.13. The van der Waals surface area contributed by atoms with Crippen molar-refractivity contribution in [3.8, 4) is 0 Å². The van der Waals surface area contributed by atoms with Crippen molar-refractivity contribution in [3.05, 3.63) is 18.5 Å². The average molecular weight is 239 g/mol. The van der Waals surface area contributed by atoms with Gasteiger partial charge in [0.05, 0.1) is 36.4 Å². The summed E-state index contributed by atoms with van der Waals surface area (Å²) in [5, 5.41) is 15.7. The molecule has 3 N–H and O–H groups in total. The van der Waals surface area contributed by atoms with Crippen molar-refractivity contribution in [2.75, 3.05) is 37.5 Å². The van der Waals surface area contributed by atoms with Crippen molar-refractivity contribution in [1.29, 1.82) is 0 Å². The molecule has 0 saturated heterocycles. The van der Waals surface area contributed by atoms with Gasteiger partial charge in [-0.05, 0) is 19.4 Å². The first-order valence-electron chi connectivity index (χ1n) is 5.85. The molecule has 17 heavy (non-hydrogen) atoms. The molecule has 5 heteroatoms. The Kier molecular flexibility index (Phi) is 6.35. The number of rotatable bonds is 8. The Labute approximate surface area is 102 Å². The summed E-state index contributed by atoms with van der Waals surface area (Å²) < 4.78 is 5.00. The predicted molar refractivity (Wildman–Crippen MR) is 69.4 cm³/mol. The number of anilines is 2. The molecule has 0 spiro atoms. The lowest BCUT2D eigenvalue weighted by Crippen LogP contribution is -2.25. The largest absolute Gasteiger partial charge is 0.394 e. The Morgan fingerprint density at radius 1 is 1.41 bits per heavy atom. The van der Waals surface area contributed by atoms with Gasteiger partial charge in [0.25, 0.3) is 0 Å². The zero-order valence-corrected chi connectivity index (χ0v) is 10.4. The minimum atomic E-state index is -0.00590. The lowest BCUT2D eigenvalue weighted by Gasteiger charge is -2.17. The van der Waals surface area contributed by atoms with Crippen LogP contribution in [0.4, 0.5) is 11.4 Å². The number of aliphatic hydroxyl groups is 1. The number of nitrogens with zero attached hydrogens (tertiary/aromatic N) is 1. The highest BCUT2D eigenvalue weighted by Gasteiger charge is 2.07. The summed E-state index contributed by atoms with van der Waals surface area (Å²) in [6.07, 6.45) is 4.28. The van der Waals surface area contributed by atoms with Gasteiger partial charge in [-0.1, -0.05) is 0 Å². The molecule has 1 aromatic rings. The Balaban J connectivity index is 2.55. The van der Waals surface area contributed by atoms with Crippen molar-refractivity contribution in [2.24, 2.45) is 0 Å². The van der Waals surface area contributed by atoms with Crippen LogP contribution in [-0.2, 0) is 4.74 Å². The Morgan fingerprint density at radius 2 is 2.18 bits per heavy atom. The predicted octanol–water partition coefficient (Wildman–Crippen LogP) is 1.32. The van der Waals surface area contributed by atoms with E-state index in [1.54, 1.807) is 19.5 Å². The maximum Gasteiger partial charge on any atom is 0.0633 e. The normalized spacial score (nSPS) is 12.2. The van der Waals surface area contributed by atoms with Crippen molar-refractivity contribution < 1.29 is 9.84 Å². The molecule has 0 aliphatic heterocycles. The van der Waals surface area contributed by atoms with E-state index >= 15 is 0 Å². The number of methoxy groups -OCH3 is 1. The second kappa shape index (κ2) is 7.86. The smallest absolute Gasteiger partial charge is 0.0633 e. The molecule has 5 nitrogen and oxygen atoms in total. The second-order valence-corrected chi connectivity index (χ2v) is 3.80. The third-order valence-corrected chi connectivity index (χ3v) is 2.38. The SMILES string of the molecule is CCNc1cncc(NC(CO)CCOC)c1. The molecule has 1 aromatic heterocycles. The molecule has 0 saturated carbocycles. The van der Waals surface area contributed by atoms with E-state index in [1.165, 1.54) is 0 Å². The van der Waals surface area contributed by atoms with Crippen LogP contribution in [0.15, 0.2) is 18.5 Å². The quantitative estimate of drug-likeness (QED) is 0.638. The van der Waals surface area contributed by atoms with Crippen LogP contribution in [-0.4, -0.2) is 43.0 Å². The fourth-order valence-corrected chi connectivity index (χ4v) is 1.52. The number of aromatic nitrogens is 1. The molecule has 1 unspecified atom stereocenters. The van der Waals surface area contributed by atoms with Crippen LogP contribution in [0.25, 0.3) is 0 Å².